The van der Waals surface area contributed by atoms with Crippen LogP contribution in [0.4, 0.5) is 0 Å². The summed E-state index contributed by atoms with van der Waals surface area (Å²) >= 11 is 0. The Morgan fingerprint density at radius 2 is 1.67 bits per heavy atom. The quantitative estimate of drug-likeness (QED) is 0.775. The summed E-state index contributed by atoms with van der Waals surface area (Å²) in [6.45, 7) is 12.2. The molecule has 2 atom stereocenters. The number of nitrogens with two attached hydrogens (primary N) is 1. The van der Waals surface area contributed by atoms with Crippen LogP contribution in [0.5, 0.6) is 0 Å². The van der Waals surface area contributed by atoms with Gasteiger partial charge in [-0.05, 0) is 62.4 Å². The third-order valence-corrected chi connectivity index (χ3v) is 5.25. The summed E-state index contributed by atoms with van der Waals surface area (Å²) < 4.78 is 0. The van der Waals surface area contributed by atoms with Crippen LogP contribution in [0.25, 0.3) is 0 Å². The zero-order valence-corrected chi connectivity index (χ0v) is 12.8. The van der Waals surface area contributed by atoms with Crippen molar-refractivity contribution in [2.45, 2.75) is 78.3 Å². The lowest BCUT2D eigenvalue weighted by Crippen LogP contribution is -2.53. The maximum absolute atomic E-state index is 6.41. The van der Waals surface area contributed by atoms with E-state index >= 15 is 0 Å². The Morgan fingerprint density at radius 1 is 0.944 bits per heavy atom. The van der Waals surface area contributed by atoms with Crippen LogP contribution >= 0.6 is 0 Å². The molecule has 18 heavy (non-hydrogen) atoms. The van der Waals surface area contributed by atoms with Crippen LogP contribution in [-0.4, -0.2) is 30.1 Å². The van der Waals surface area contributed by atoms with E-state index in [-0.39, 0.29) is 0 Å². The van der Waals surface area contributed by atoms with Crippen LogP contribution in [0.3, 0.4) is 0 Å². The van der Waals surface area contributed by atoms with Gasteiger partial charge in [-0.15, -0.1) is 0 Å². The molecule has 1 heterocycles. The van der Waals surface area contributed by atoms with Crippen molar-refractivity contribution in [3.8, 4) is 0 Å². The Kier molecular flexibility index (Phi) is 4.08. The molecule has 2 unspecified atom stereocenters. The van der Waals surface area contributed by atoms with E-state index in [0.29, 0.717) is 22.9 Å². The van der Waals surface area contributed by atoms with Crippen LogP contribution in [0.1, 0.15) is 66.2 Å². The molecule has 2 nitrogen and oxygen atoms in total. The molecule has 106 valence electrons. The lowest BCUT2D eigenvalue weighted by Gasteiger charge is -2.44. The third-order valence-electron chi connectivity index (χ3n) is 5.25. The van der Waals surface area contributed by atoms with Crippen molar-refractivity contribution in [1.82, 2.24) is 4.90 Å². The highest BCUT2D eigenvalue weighted by atomic mass is 15.2. The maximum atomic E-state index is 6.41. The van der Waals surface area contributed by atoms with Crippen molar-refractivity contribution < 1.29 is 0 Å². The molecule has 1 aliphatic heterocycles. The molecule has 0 spiro atoms. The van der Waals surface area contributed by atoms with Gasteiger partial charge < -0.3 is 5.73 Å². The second-order valence-electron chi connectivity index (χ2n) is 8.19. The van der Waals surface area contributed by atoms with Crippen molar-refractivity contribution in [2.24, 2.45) is 16.6 Å². The standard InChI is InChI=1S/C16H32N2/c1-15(2)7-5-10-18(11-9-15)14-12-16(3,4)8-6-13(14)17/h13-14H,5-12,17H2,1-4H3. The molecule has 2 rings (SSSR count). The molecule has 0 radical (unpaired) electrons. The Labute approximate surface area is 113 Å². The van der Waals surface area contributed by atoms with E-state index in [1.54, 1.807) is 0 Å². The lowest BCUT2D eigenvalue weighted by atomic mass is 9.72. The second kappa shape index (κ2) is 5.13. The van der Waals surface area contributed by atoms with Gasteiger partial charge >= 0.3 is 0 Å². The minimum atomic E-state index is 0.402. The van der Waals surface area contributed by atoms with E-state index in [0.717, 1.165) is 0 Å². The van der Waals surface area contributed by atoms with Gasteiger partial charge in [0.15, 0.2) is 0 Å². The average molecular weight is 252 g/mol. The molecular weight excluding hydrogens is 220 g/mol. The summed E-state index contributed by atoms with van der Waals surface area (Å²) in [7, 11) is 0. The molecule has 0 amide bonds. The van der Waals surface area contributed by atoms with Gasteiger partial charge in [0.05, 0.1) is 0 Å². The van der Waals surface area contributed by atoms with Crippen molar-refractivity contribution in [3.05, 3.63) is 0 Å². The summed E-state index contributed by atoms with van der Waals surface area (Å²) in [5.74, 6) is 0. The highest BCUT2D eigenvalue weighted by molar-refractivity contribution is 4.94. The van der Waals surface area contributed by atoms with Crippen molar-refractivity contribution >= 4 is 0 Å². The smallest absolute Gasteiger partial charge is 0.0252 e. The van der Waals surface area contributed by atoms with Gasteiger partial charge in [-0.1, -0.05) is 27.7 Å². The van der Waals surface area contributed by atoms with Gasteiger partial charge in [0.1, 0.15) is 0 Å². The summed E-state index contributed by atoms with van der Waals surface area (Å²) in [6.07, 6.45) is 7.83. The molecule has 2 aliphatic rings. The van der Waals surface area contributed by atoms with E-state index in [1.165, 1.54) is 51.6 Å². The molecule has 1 saturated carbocycles. The van der Waals surface area contributed by atoms with E-state index in [9.17, 15) is 0 Å². The Balaban J connectivity index is 2.01. The third kappa shape index (κ3) is 3.48. The van der Waals surface area contributed by atoms with Gasteiger partial charge in [0.25, 0.3) is 0 Å². The normalized spacial score (nSPS) is 37.2. The number of likely N-dealkylation sites (tertiary alicyclic amines) is 1. The highest BCUT2D eigenvalue weighted by Crippen LogP contribution is 2.38. The Morgan fingerprint density at radius 3 is 2.39 bits per heavy atom. The zero-order chi connectivity index (χ0) is 13.4. The topological polar surface area (TPSA) is 29.3 Å². The van der Waals surface area contributed by atoms with Crippen LogP contribution in [-0.2, 0) is 0 Å². The van der Waals surface area contributed by atoms with Crippen LogP contribution in [0, 0.1) is 10.8 Å². The monoisotopic (exact) mass is 252 g/mol. The van der Waals surface area contributed by atoms with E-state index in [4.69, 9.17) is 5.73 Å². The summed E-state index contributed by atoms with van der Waals surface area (Å²) in [5.41, 5.74) is 7.43. The van der Waals surface area contributed by atoms with Crippen molar-refractivity contribution in [2.75, 3.05) is 13.1 Å². The molecule has 2 fully saturated rings. The van der Waals surface area contributed by atoms with Crippen LogP contribution < -0.4 is 5.73 Å². The van der Waals surface area contributed by atoms with E-state index < -0.39 is 0 Å². The van der Waals surface area contributed by atoms with E-state index in [2.05, 4.69) is 32.6 Å². The second-order valence-corrected chi connectivity index (χ2v) is 8.19. The SMILES string of the molecule is CC1(C)CCCN(C2CC(C)(C)CCC2N)CC1. The molecule has 0 aromatic carbocycles. The van der Waals surface area contributed by atoms with Gasteiger partial charge in [-0.25, -0.2) is 0 Å². The first-order valence-electron chi connectivity index (χ1n) is 7.79. The number of rotatable bonds is 1. The molecule has 2 heteroatoms. The molecule has 0 bridgehead atoms. The number of hydrogen-bond donors (Lipinski definition) is 1. The van der Waals surface area contributed by atoms with Gasteiger partial charge in [0.2, 0.25) is 0 Å². The Hall–Kier alpha value is -0.0800. The summed E-state index contributed by atoms with van der Waals surface area (Å²) in [4.78, 5) is 2.71. The first-order chi connectivity index (χ1) is 8.29. The number of hydrogen-bond acceptors (Lipinski definition) is 2. The van der Waals surface area contributed by atoms with Crippen LogP contribution in [0.2, 0.25) is 0 Å². The fourth-order valence-electron chi connectivity index (χ4n) is 3.74. The van der Waals surface area contributed by atoms with Gasteiger partial charge in [-0.3, -0.25) is 4.90 Å². The maximum Gasteiger partial charge on any atom is 0.0252 e. The van der Waals surface area contributed by atoms with Crippen molar-refractivity contribution in [1.29, 1.82) is 0 Å². The summed E-state index contributed by atoms with van der Waals surface area (Å²) in [6, 6.07) is 1.03. The fourth-order valence-corrected chi connectivity index (χ4v) is 3.74. The van der Waals surface area contributed by atoms with Crippen LogP contribution in [0.15, 0.2) is 0 Å². The van der Waals surface area contributed by atoms with Gasteiger partial charge in [0, 0.05) is 12.1 Å². The summed E-state index contributed by atoms with van der Waals surface area (Å²) in [5, 5.41) is 0. The molecular formula is C16H32N2. The average Bonchev–Trinajstić information content (AvgIpc) is 2.43. The van der Waals surface area contributed by atoms with Crippen molar-refractivity contribution in [3.63, 3.8) is 0 Å². The Bertz CT molecular complexity index is 283. The minimum Gasteiger partial charge on any atom is -0.326 e. The molecule has 1 aliphatic carbocycles. The predicted molar refractivity (Wildman–Crippen MR) is 78.6 cm³/mol. The van der Waals surface area contributed by atoms with Gasteiger partial charge in [-0.2, -0.15) is 0 Å². The highest BCUT2D eigenvalue weighted by Gasteiger charge is 2.37. The molecule has 0 aromatic heterocycles. The molecule has 1 saturated heterocycles. The number of nitrogens with zero attached hydrogens (tertiary/aromatic N) is 1. The largest absolute Gasteiger partial charge is 0.326 e. The lowest BCUT2D eigenvalue weighted by molar-refractivity contribution is 0.0781. The fraction of sp³-hybridized carbons (Fsp3) is 1.00. The molecule has 0 aromatic rings. The molecule has 2 N–H and O–H groups in total. The minimum absolute atomic E-state index is 0.402. The predicted octanol–water partition coefficient (Wildman–Crippen LogP) is 3.40. The first-order valence-corrected chi connectivity index (χ1v) is 7.79. The first kappa shape index (κ1) is 14.3. The van der Waals surface area contributed by atoms with E-state index in [1.807, 2.05) is 0 Å². The zero-order valence-electron chi connectivity index (χ0n) is 12.8.